The van der Waals surface area contributed by atoms with E-state index in [0.717, 1.165) is 12.0 Å². The lowest BCUT2D eigenvalue weighted by molar-refractivity contribution is 0.311. The van der Waals surface area contributed by atoms with Gasteiger partial charge in [-0.05, 0) is 29.9 Å². The van der Waals surface area contributed by atoms with Crippen molar-refractivity contribution in [3.8, 4) is 0 Å². The molecule has 0 N–H and O–H groups in total. The molecular weight excluding hydrogens is 208 g/mol. The SMILES string of the molecule is CC1Cc2[o+]c3ccccc3cc2C(C)(C)C1. The number of rotatable bonds is 0. The Hall–Kier alpha value is -1.37. The van der Waals surface area contributed by atoms with Gasteiger partial charge in [0.2, 0.25) is 0 Å². The van der Waals surface area contributed by atoms with Crippen LogP contribution in [-0.2, 0) is 11.8 Å². The molecule has 0 saturated heterocycles. The van der Waals surface area contributed by atoms with Gasteiger partial charge < -0.3 is 0 Å². The molecule has 3 rings (SSSR count). The lowest BCUT2D eigenvalue weighted by atomic mass is 9.71. The monoisotopic (exact) mass is 227 g/mol. The molecule has 1 aromatic carbocycles. The lowest BCUT2D eigenvalue weighted by Crippen LogP contribution is -2.28. The van der Waals surface area contributed by atoms with Gasteiger partial charge in [-0.25, -0.2) is 4.42 Å². The third-order valence-corrected chi connectivity index (χ3v) is 3.87. The van der Waals surface area contributed by atoms with E-state index in [2.05, 4.69) is 45.0 Å². The summed E-state index contributed by atoms with van der Waals surface area (Å²) in [7, 11) is 0. The first-order valence-electron chi connectivity index (χ1n) is 6.41. The fraction of sp³-hybridized carbons (Fsp3) is 0.438. The summed E-state index contributed by atoms with van der Waals surface area (Å²) in [5.74, 6) is 1.90. The van der Waals surface area contributed by atoms with Crippen molar-refractivity contribution in [3.63, 3.8) is 0 Å². The first-order chi connectivity index (χ1) is 8.06. The number of para-hydroxylation sites is 1. The molecule has 0 bridgehead atoms. The van der Waals surface area contributed by atoms with Crippen LogP contribution in [0.5, 0.6) is 0 Å². The Morgan fingerprint density at radius 2 is 2.00 bits per heavy atom. The van der Waals surface area contributed by atoms with Crippen LogP contribution in [0.3, 0.4) is 0 Å². The van der Waals surface area contributed by atoms with Crippen LogP contribution in [0.2, 0.25) is 0 Å². The lowest BCUT2D eigenvalue weighted by Gasteiger charge is -2.31. The Labute approximate surface area is 102 Å². The molecule has 0 fully saturated rings. The molecule has 0 amide bonds. The molecule has 1 heteroatoms. The summed E-state index contributed by atoms with van der Waals surface area (Å²) in [6.07, 6.45) is 2.32. The zero-order valence-electron chi connectivity index (χ0n) is 10.8. The molecule has 0 radical (unpaired) electrons. The summed E-state index contributed by atoms with van der Waals surface area (Å²) in [6, 6.07) is 10.6. The highest BCUT2D eigenvalue weighted by atomic mass is 16.3. The molecule has 0 saturated carbocycles. The smallest absolute Gasteiger partial charge is 0.212 e. The van der Waals surface area contributed by atoms with E-state index in [1.54, 1.807) is 0 Å². The van der Waals surface area contributed by atoms with E-state index >= 15 is 0 Å². The molecule has 1 aliphatic rings. The van der Waals surface area contributed by atoms with Gasteiger partial charge in [0, 0.05) is 6.07 Å². The fourth-order valence-electron chi connectivity index (χ4n) is 3.21. The Morgan fingerprint density at radius 3 is 2.82 bits per heavy atom. The van der Waals surface area contributed by atoms with Crippen LogP contribution >= 0.6 is 0 Å². The minimum absolute atomic E-state index is 0.237. The second kappa shape index (κ2) is 3.56. The van der Waals surface area contributed by atoms with Crippen molar-refractivity contribution in [2.75, 3.05) is 0 Å². The number of benzene rings is 1. The quantitative estimate of drug-likeness (QED) is 0.600. The van der Waals surface area contributed by atoms with Gasteiger partial charge in [-0.3, -0.25) is 0 Å². The van der Waals surface area contributed by atoms with Crippen molar-refractivity contribution >= 4 is 11.0 Å². The molecule has 1 heterocycles. The first kappa shape index (κ1) is 10.8. The minimum atomic E-state index is 0.237. The van der Waals surface area contributed by atoms with Crippen LogP contribution in [0.4, 0.5) is 0 Å². The van der Waals surface area contributed by atoms with E-state index in [-0.39, 0.29) is 5.41 Å². The van der Waals surface area contributed by atoms with Gasteiger partial charge in [-0.1, -0.05) is 32.9 Å². The summed E-state index contributed by atoms with van der Waals surface area (Å²) >= 11 is 0. The molecule has 0 aliphatic heterocycles. The maximum absolute atomic E-state index is 6.09. The van der Waals surface area contributed by atoms with Gasteiger partial charge >= 0.3 is 11.3 Å². The summed E-state index contributed by atoms with van der Waals surface area (Å²) in [5, 5.41) is 1.22. The molecule has 88 valence electrons. The van der Waals surface area contributed by atoms with Crippen molar-refractivity contribution in [1.82, 2.24) is 0 Å². The van der Waals surface area contributed by atoms with Gasteiger partial charge in [-0.15, -0.1) is 0 Å². The molecular formula is C16H19O+. The van der Waals surface area contributed by atoms with Crippen LogP contribution in [0.25, 0.3) is 11.0 Å². The predicted molar refractivity (Wildman–Crippen MR) is 71.1 cm³/mol. The van der Waals surface area contributed by atoms with E-state index in [0.29, 0.717) is 5.92 Å². The minimum Gasteiger partial charge on any atom is -0.212 e. The van der Waals surface area contributed by atoms with E-state index < -0.39 is 0 Å². The standard InChI is InChI=1S/C16H19O/c1-11-8-15-13(16(2,3)10-11)9-12-6-4-5-7-14(12)17-15/h4-7,9,11H,8,10H2,1-3H3/q+1. The topological polar surface area (TPSA) is 11.3 Å². The van der Waals surface area contributed by atoms with Crippen LogP contribution in [-0.4, -0.2) is 0 Å². The Morgan fingerprint density at radius 1 is 1.24 bits per heavy atom. The summed E-state index contributed by atoms with van der Waals surface area (Å²) in [4.78, 5) is 0. The van der Waals surface area contributed by atoms with Crippen molar-refractivity contribution in [2.24, 2.45) is 5.92 Å². The van der Waals surface area contributed by atoms with E-state index in [1.807, 2.05) is 6.07 Å². The Bertz CT molecular complexity index is 569. The maximum Gasteiger partial charge on any atom is 0.360 e. The number of fused-ring (bicyclic) bond motifs is 2. The highest BCUT2D eigenvalue weighted by Crippen LogP contribution is 2.40. The third-order valence-electron chi connectivity index (χ3n) is 3.87. The number of hydrogen-bond acceptors (Lipinski definition) is 0. The van der Waals surface area contributed by atoms with Gasteiger partial charge in [0.25, 0.3) is 0 Å². The van der Waals surface area contributed by atoms with E-state index in [1.165, 1.54) is 23.1 Å². The van der Waals surface area contributed by atoms with Crippen molar-refractivity contribution in [2.45, 2.75) is 39.0 Å². The largest absolute Gasteiger partial charge is 0.360 e. The van der Waals surface area contributed by atoms with E-state index in [4.69, 9.17) is 4.42 Å². The molecule has 1 atom stereocenters. The molecule has 2 aromatic rings. The van der Waals surface area contributed by atoms with Crippen molar-refractivity contribution in [1.29, 1.82) is 0 Å². The molecule has 0 spiro atoms. The van der Waals surface area contributed by atoms with Gasteiger partial charge in [0.15, 0.2) is 0 Å². The highest BCUT2D eigenvalue weighted by Gasteiger charge is 2.38. The van der Waals surface area contributed by atoms with E-state index in [9.17, 15) is 0 Å². The average Bonchev–Trinajstić information content (AvgIpc) is 2.26. The summed E-state index contributed by atoms with van der Waals surface area (Å²) < 4.78 is 6.09. The van der Waals surface area contributed by atoms with Crippen LogP contribution < -0.4 is 0 Å². The second-order valence-corrected chi connectivity index (χ2v) is 6.02. The molecule has 1 aliphatic carbocycles. The van der Waals surface area contributed by atoms with Gasteiger partial charge in [0.05, 0.1) is 17.4 Å². The second-order valence-electron chi connectivity index (χ2n) is 6.02. The molecule has 1 aromatic heterocycles. The molecule has 1 nitrogen and oxygen atoms in total. The predicted octanol–water partition coefficient (Wildman–Crippen LogP) is 4.57. The fourth-order valence-corrected chi connectivity index (χ4v) is 3.21. The first-order valence-corrected chi connectivity index (χ1v) is 6.41. The Kier molecular flexibility index (Phi) is 2.25. The normalized spacial score (nSPS) is 22.4. The average molecular weight is 227 g/mol. The van der Waals surface area contributed by atoms with Gasteiger partial charge in [-0.2, -0.15) is 0 Å². The van der Waals surface area contributed by atoms with Gasteiger partial charge in [0.1, 0.15) is 0 Å². The zero-order valence-corrected chi connectivity index (χ0v) is 10.8. The van der Waals surface area contributed by atoms with Crippen molar-refractivity contribution in [3.05, 3.63) is 41.7 Å². The highest BCUT2D eigenvalue weighted by molar-refractivity contribution is 5.77. The Balaban J connectivity index is 2.27. The van der Waals surface area contributed by atoms with Crippen molar-refractivity contribution < 1.29 is 4.42 Å². The maximum atomic E-state index is 6.09. The molecule has 1 unspecified atom stereocenters. The van der Waals surface area contributed by atoms with Crippen LogP contribution in [0.15, 0.2) is 34.7 Å². The summed E-state index contributed by atoms with van der Waals surface area (Å²) in [6.45, 7) is 6.97. The molecule has 17 heavy (non-hydrogen) atoms. The van der Waals surface area contributed by atoms with Crippen LogP contribution in [0.1, 0.15) is 38.5 Å². The summed E-state index contributed by atoms with van der Waals surface area (Å²) in [5.41, 5.74) is 2.64. The van der Waals surface area contributed by atoms with Crippen LogP contribution in [0, 0.1) is 5.92 Å². The number of hydrogen-bond donors (Lipinski definition) is 0. The zero-order chi connectivity index (χ0) is 12.0. The third kappa shape index (κ3) is 1.74.